The molecule has 2 nitrogen and oxygen atoms in total. The molecule has 0 radical (unpaired) electrons. The third-order valence-electron chi connectivity index (χ3n) is 5.42. The van der Waals surface area contributed by atoms with E-state index in [0.717, 1.165) is 22.2 Å². The number of hydrogen-bond acceptors (Lipinski definition) is 1. The van der Waals surface area contributed by atoms with Gasteiger partial charge < -0.3 is 4.98 Å². The number of para-hydroxylation sites is 1. The summed E-state index contributed by atoms with van der Waals surface area (Å²) in [4.78, 5) is 16.2. The maximum Gasteiger partial charge on any atom is 0.169 e. The van der Waals surface area contributed by atoms with Crippen LogP contribution in [0, 0.1) is 23.7 Å². The number of aromatic nitrogens is 1. The van der Waals surface area contributed by atoms with Crippen molar-refractivity contribution in [2.45, 2.75) is 34.6 Å². The molecule has 1 aromatic carbocycles. The summed E-state index contributed by atoms with van der Waals surface area (Å²) in [5.41, 5.74) is 3.12. The van der Waals surface area contributed by atoms with Crippen LogP contribution in [0.25, 0.3) is 10.9 Å². The number of carbonyl (C=O) groups excluding carboxylic acids is 1. The Morgan fingerprint density at radius 3 is 2.26 bits per heavy atom. The highest BCUT2D eigenvalue weighted by Gasteiger charge is 2.68. The maximum absolute atomic E-state index is 12.9. The van der Waals surface area contributed by atoms with Crippen molar-refractivity contribution < 1.29 is 4.79 Å². The topological polar surface area (TPSA) is 32.9 Å². The minimum atomic E-state index is 0.0922. The van der Waals surface area contributed by atoms with Crippen LogP contribution in [0.15, 0.2) is 24.3 Å². The number of aromatic amines is 1. The maximum atomic E-state index is 12.9. The molecule has 1 heterocycles. The Kier molecular flexibility index (Phi) is 2.30. The molecule has 0 amide bonds. The molecule has 1 aromatic heterocycles. The van der Waals surface area contributed by atoms with Crippen molar-refractivity contribution in [3.63, 3.8) is 0 Å². The first kappa shape index (κ1) is 12.5. The number of rotatable bonds is 2. The van der Waals surface area contributed by atoms with Gasteiger partial charge in [0.25, 0.3) is 0 Å². The van der Waals surface area contributed by atoms with Crippen molar-refractivity contribution in [2.24, 2.45) is 16.7 Å². The van der Waals surface area contributed by atoms with Crippen LogP contribution < -0.4 is 0 Å². The van der Waals surface area contributed by atoms with Crippen molar-refractivity contribution in [3.8, 4) is 0 Å². The Balaban J connectivity index is 2.12. The zero-order valence-electron chi connectivity index (χ0n) is 12.3. The highest BCUT2D eigenvalue weighted by atomic mass is 16.1. The standard InChI is InChI=1S/C17H21NO/c1-10-13(11-8-6-7-9-12(11)18-10)14(19)15-16(2,3)17(15,4)5/h6-9,15,18H,1-5H3. The SMILES string of the molecule is Cc1[nH]c2ccccc2c1C(=O)C1C(C)(C)C1(C)C. The van der Waals surface area contributed by atoms with Gasteiger partial charge in [-0.3, -0.25) is 4.79 Å². The normalized spacial score (nSPS) is 20.7. The van der Waals surface area contributed by atoms with Gasteiger partial charge in [0, 0.05) is 28.1 Å². The Bertz CT molecular complexity index is 662. The molecule has 1 saturated carbocycles. The molecule has 19 heavy (non-hydrogen) atoms. The first-order valence-corrected chi connectivity index (χ1v) is 6.90. The van der Waals surface area contributed by atoms with E-state index < -0.39 is 0 Å². The fraction of sp³-hybridized carbons (Fsp3) is 0.471. The van der Waals surface area contributed by atoms with Gasteiger partial charge in [0.2, 0.25) is 0 Å². The van der Waals surface area contributed by atoms with Crippen LogP contribution in [0.1, 0.15) is 43.7 Å². The van der Waals surface area contributed by atoms with E-state index in [1.165, 1.54) is 0 Å². The number of fused-ring (bicyclic) bond motifs is 1. The number of ketones is 1. The predicted octanol–water partition coefficient (Wildman–Crippen LogP) is 4.34. The Labute approximate surface area is 114 Å². The van der Waals surface area contributed by atoms with E-state index in [2.05, 4.69) is 32.7 Å². The third-order valence-corrected chi connectivity index (χ3v) is 5.42. The molecular weight excluding hydrogens is 234 g/mol. The Hall–Kier alpha value is -1.57. The number of carbonyl (C=O) groups is 1. The highest BCUT2D eigenvalue weighted by molar-refractivity contribution is 6.12. The average Bonchev–Trinajstić information content (AvgIpc) is 2.61. The smallest absolute Gasteiger partial charge is 0.169 e. The van der Waals surface area contributed by atoms with Crippen molar-refractivity contribution in [1.82, 2.24) is 4.98 Å². The van der Waals surface area contributed by atoms with Gasteiger partial charge >= 0.3 is 0 Å². The molecule has 2 heteroatoms. The highest BCUT2D eigenvalue weighted by Crippen LogP contribution is 2.69. The van der Waals surface area contributed by atoms with Crippen molar-refractivity contribution in [2.75, 3.05) is 0 Å². The molecule has 3 rings (SSSR count). The average molecular weight is 255 g/mol. The summed E-state index contributed by atoms with van der Waals surface area (Å²) < 4.78 is 0. The number of Topliss-reactive ketones (excluding diaryl/α,β-unsaturated/α-hetero) is 1. The molecular formula is C17H21NO. The second-order valence-electron chi connectivity index (χ2n) is 6.91. The fourth-order valence-corrected chi connectivity index (χ4v) is 3.59. The summed E-state index contributed by atoms with van der Waals surface area (Å²) in [6, 6.07) is 8.06. The van der Waals surface area contributed by atoms with Gasteiger partial charge in [-0.25, -0.2) is 0 Å². The first-order valence-electron chi connectivity index (χ1n) is 6.90. The third kappa shape index (κ3) is 1.46. The largest absolute Gasteiger partial charge is 0.358 e. The lowest BCUT2D eigenvalue weighted by atomic mass is 9.99. The molecule has 0 atom stereocenters. The quantitative estimate of drug-likeness (QED) is 0.795. The zero-order chi connectivity index (χ0) is 14.0. The van der Waals surface area contributed by atoms with Crippen LogP contribution in [0.3, 0.4) is 0 Å². The Morgan fingerprint density at radius 1 is 1.11 bits per heavy atom. The van der Waals surface area contributed by atoms with Crippen molar-refractivity contribution in [1.29, 1.82) is 0 Å². The summed E-state index contributed by atoms with van der Waals surface area (Å²) in [5.74, 6) is 0.419. The lowest BCUT2D eigenvalue weighted by molar-refractivity contribution is 0.0946. The van der Waals surface area contributed by atoms with Gasteiger partial charge in [-0.05, 0) is 23.8 Å². The van der Waals surface area contributed by atoms with E-state index in [9.17, 15) is 4.79 Å². The molecule has 0 aliphatic heterocycles. The minimum Gasteiger partial charge on any atom is -0.358 e. The Morgan fingerprint density at radius 2 is 1.68 bits per heavy atom. The van der Waals surface area contributed by atoms with E-state index in [1.807, 2.05) is 31.2 Å². The number of hydrogen-bond donors (Lipinski definition) is 1. The van der Waals surface area contributed by atoms with Gasteiger partial charge in [0.1, 0.15) is 0 Å². The molecule has 100 valence electrons. The lowest BCUT2D eigenvalue weighted by Gasteiger charge is -2.03. The van der Waals surface area contributed by atoms with Crippen LogP contribution in [0.4, 0.5) is 0 Å². The molecule has 1 aliphatic carbocycles. The van der Waals surface area contributed by atoms with E-state index in [1.54, 1.807) is 0 Å². The van der Waals surface area contributed by atoms with Gasteiger partial charge in [-0.15, -0.1) is 0 Å². The van der Waals surface area contributed by atoms with E-state index >= 15 is 0 Å². The molecule has 0 unspecified atom stereocenters. The second-order valence-corrected chi connectivity index (χ2v) is 6.91. The minimum absolute atomic E-state index is 0.0922. The summed E-state index contributed by atoms with van der Waals surface area (Å²) in [6.45, 7) is 10.8. The number of nitrogens with one attached hydrogen (secondary N) is 1. The zero-order valence-corrected chi connectivity index (χ0v) is 12.3. The number of benzene rings is 1. The summed E-state index contributed by atoms with van der Waals surface area (Å²) >= 11 is 0. The molecule has 0 spiro atoms. The monoisotopic (exact) mass is 255 g/mol. The van der Waals surface area contributed by atoms with E-state index in [0.29, 0.717) is 5.78 Å². The predicted molar refractivity (Wildman–Crippen MR) is 78.4 cm³/mol. The van der Waals surface area contributed by atoms with Gasteiger partial charge in [0.15, 0.2) is 5.78 Å². The second kappa shape index (κ2) is 3.50. The van der Waals surface area contributed by atoms with Crippen LogP contribution in [0.5, 0.6) is 0 Å². The molecule has 1 fully saturated rings. The number of aryl methyl sites for hydroxylation is 1. The molecule has 1 aliphatic rings. The van der Waals surface area contributed by atoms with Crippen LogP contribution in [-0.4, -0.2) is 10.8 Å². The molecule has 2 aromatic rings. The van der Waals surface area contributed by atoms with Gasteiger partial charge in [0.05, 0.1) is 0 Å². The number of H-pyrrole nitrogens is 1. The summed E-state index contributed by atoms with van der Waals surface area (Å²) in [6.07, 6.45) is 0. The van der Waals surface area contributed by atoms with Crippen LogP contribution >= 0.6 is 0 Å². The van der Waals surface area contributed by atoms with E-state index in [-0.39, 0.29) is 16.7 Å². The van der Waals surface area contributed by atoms with Gasteiger partial charge in [-0.2, -0.15) is 0 Å². The van der Waals surface area contributed by atoms with E-state index in [4.69, 9.17) is 0 Å². The first-order chi connectivity index (χ1) is 8.78. The van der Waals surface area contributed by atoms with Gasteiger partial charge in [-0.1, -0.05) is 45.9 Å². The summed E-state index contributed by atoms with van der Waals surface area (Å²) in [7, 11) is 0. The summed E-state index contributed by atoms with van der Waals surface area (Å²) in [5, 5.41) is 1.06. The van der Waals surface area contributed by atoms with Crippen molar-refractivity contribution >= 4 is 16.7 Å². The molecule has 0 saturated heterocycles. The van der Waals surface area contributed by atoms with Crippen LogP contribution in [-0.2, 0) is 0 Å². The van der Waals surface area contributed by atoms with Crippen molar-refractivity contribution in [3.05, 3.63) is 35.5 Å². The fourth-order valence-electron chi connectivity index (χ4n) is 3.59. The molecule has 0 bridgehead atoms. The molecule has 1 N–H and O–H groups in total. The lowest BCUT2D eigenvalue weighted by Crippen LogP contribution is -2.08. The van der Waals surface area contributed by atoms with Crippen LogP contribution in [0.2, 0.25) is 0 Å².